The molecule has 192 valence electrons. The number of carbonyl (C=O) groups excluding carboxylic acids is 1. The zero-order valence-electron chi connectivity index (χ0n) is 21.9. The third-order valence-corrected chi connectivity index (χ3v) is 5.66. The lowest BCUT2D eigenvalue weighted by Gasteiger charge is -2.13. The van der Waals surface area contributed by atoms with Crippen molar-refractivity contribution in [3.05, 3.63) is 95.7 Å². The normalized spacial score (nSPS) is 11.2. The number of hydrogen-bond donors (Lipinski definition) is 1. The fourth-order valence-corrected chi connectivity index (χ4v) is 3.92. The van der Waals surface area contributed by atoms with Gasteiger partial charge in [0, 0.05) is 23.0 Å². The van der Waals surface area contributed by atoms with Crippen molar-refractivity contribution in [2.45, 2.75) is 33.8 Å². The van der Waals surface area contributed by atoms with Crippen molar-refractivity contribution in [2.24, 2.45) is 0 Å². The number of benzene rings is 3. The largest absolute Gasteiger partial charge is 0.494 e. The third kappa shape index (κ3) is 6.29. The first kappa shape index (κ1) is 26.2. The standard InChI is InChI=1S/C31H30N4O3/c1-5-37-28-14-12-26(13-15-28)33-31(36)24(19-32)18-25-20-35(27-9-7-6-8-10-27)34-30(25)23-11-16-29(22(4)17-23)38-21(2)3/h6-18,20-21H,5H2,1-4H3,(H,33,36)/b24-18+. The molecule has 0 aliphatic rings. The van der Waals surface area contributed by atoms with Gasteiger partial charge in [-0.15, -0.1) is 0 Å². The molecule has 7 heteroatoms. The van der Waals surface area contributed by atoms with Crippen molar-refractivity contribution in [3.8, 4) is 34.5 Å². The molecule has 0 unspecified atom stereocenters. The zero-order valence-corrected chi connectivity index (χ0v) is 21.9. The van der Waals surface area contributed by atoms with Gasteiger partial charge < -0.3 is 14.8 Å². The van der Waals surface area contributed by atoms with E-state index in [-0.39, 0.29) is 11.7 Å². The van der Waals surface area contributed by atoms with E-state index in [1.165, 1.54) is 0 Å². The van der Waals surface area contributed by atoms with Gasteiger partial charge in [-0.2, -0.15) is 10.4 Å². The zero-order chi connectivity index (χ0) is 27.1. The van der Waals surface area contributed by atoms with E-state index in [1.54, 1.807) is 35.0 Å². The SMILES string of the molecule is CCOc1ccc(NC(=O)/C(C#N)=C/c2cn(-c3ccccc3)nc2-c2ccc(OC(C)C)c(C)c2)cc1. The summed E-state index contributed by atoms with van der Waals surface area (Å²) in [7, 11) is 0. The van der Waals surface area contributed by atoms with Crippen LogP contribution in [0.4, 0.5) is 5.69 Å². The lowest BCUT2D eigenvalue weighted by molar-refractivity contribution is -0.112. The lowest BCUT2D eigenvalue weighted by Crippen LogP contribution is -2.13. The van der Waals surface area contributed by atoms with E-state index < -0.39 is 5.91 Å². The Morgan fingerprint density at radius 2 is 1.84 bits per heavy atom. The van der Waals surface area contributed by atoms with Crippen LogP contribution < -0.4 is 14.8 Å². The highest BCUT2D eigenvalue weighted by Crippen LogP contribution is 2.30. The van der Waals surface area contributed by atoms with Crippen LogP contribution in [0, 0.1) is 18.3 Å². The number of hydrogen-bond acceptors (Lipinski definition) is 5. The summed E-state index contributed by atoms with van der Waals surface area (Å²) in [5, 5.41) is 17.5. The van der Waals surface area contributed by atoms with Crippen LogP contribution in [-0.2, 0) is 4.79 Å². The Morgan fingerprint density at radius 3 is 2.47 bits per heavy atom. The highest BCUT2D eigenvalue weighted by atomic mass is 16.5. The number of aryl methyl sites for hydroxylation is 1. The average Bonchev–Trinajstić information content (AvgIpc) is 3.34. The first-order chi connectivity index (χ1) is 18.4. The Morgan fingerprint density at radius 1 is 1.11 bits per heavy atom. The third-order valence-electron chi connectivity index (χ3n) is 5.66. The van der Waals surface area contributed by atoms with Gasteiger partial charge in [0.1, 0.15) is 28.8 Å². The molecule has 0 radical (unpaired) electrons. The van der Waals surface area contributed by atoms with Crippen LogP contribution in [0.5, 0.6) is 11.5 Å². The molecule has 0 bridgehead atoms. The topological polar surface area (TPSA) is 89.2 Å². The molecule has 1 N–H and O–H groups in total. The Bertz CT molecular complexity index is 1480. The molecule has 4 rings (SSSR count). The highest BCUT2D eigenvalue weighted by Gasteiger charge is 2.16. The van der Waals surface area contributed by atoms with Gasteiger partial charge >= 0.3 is 0 Å². The Kier molecular flexibility index (Phi) is 8.24. The molecular weight excluding hydrogens is 476 g/mol. The highest BCUT2D eigenvalue weighted by molar-refractivity contribution is 6.10. The second-order valence-electron chi connectivity index (χ2n) is 8.94. The number of anilines is 1. The second kappa shape index (κ2) is 11.9. The first-order valence-corrected chi connectivity index (χ1v) is 12.5. The molecule has 0 saturated carbocycles. The summed E-state index contributed by atoms with van der Waals surface area (Å²) in [5.41, 5.74) is 4.50. The van der Waals surface area contributed by atoms with Gasteiger partial charge in [-0.1, -0.05) is 18.2 Å². The Labute approximate surface area is 223 Å². The second-order valence-corrected chi connectivity index (χ2v) is 8.94. The van der Waals surface area contributed by atoms with Crippen LogP contribution >= 0.6 is 0 Å². The molecule has 0 aliphatic carbocycles. The van der Waals surface area contributed by atoms with Crippen LogP contribution in [-0.4, -0.2) is 28.4 Å². The predicted octanol–water partition coefficient (Wildman–Crippen LogP) is 6.58. The number of rotatable bonds is 9. The number of para-hydroxylation sites is 1. The molecule has 1 amide bonds. The first-order valence-electron chi connectivity index (χ1n) is 12.5. The van der Waals surface area contributed by atoms with E-state index in [0.717, 1.165) is 22.6 Å². The Balaban J connectivity index is 1.71. The molecule has 4 aromatic rings. The predicted molar refractivity (Wildman–Crippen MR) is 149 cm³/mol. The van der Waals surface area contributed by atoms with E-state index in [2.05, 4.69) is 5.32 Å². The van der Waals surface area contributed by atoms with Crippen molar-refractivity contribution in [1.82, 2.24) is 9.78 Å². The van der Waals surface area contributed by atoms with E-state index >= 15 is 0 Å². The molecule has 0 aliphatic heterocycles. The number of nitrogens with one attached hydrogen (secondary N) is 1. The van der Waals surface area contributed by atoms with Crippen molar-refractivity contribution < 1.29 is 14.3 Å². The molecule has 0 saturated heterocycles. The summed E-state index contributed by atoms with van der Waals surface area (Å²) in [4.78, 5) is 13.0. The van der Waals surface area contributed by atoms with E-state index in [0.29, 0.717) is 29.3 Å². The number of nitrogens with zero attached hydrogens (tertiary/aromatic N) is 3. The fourth-order valence-electron chi connectivity index (χ4n) is 3.92. The lowest BCUT2D eigenvalue weighted by atomic mass is 10.0. The molecule has 1 aromatic heterocycles. The number of carbonyl (C=O) groups is 1. The van der Waals surface area contributed by atoms with Crippen LogP contribution in [0.3, 0.4) is 0 Å². The van der Waals surface area contributed by atoms with Gasteiger partial charge in [0.2, 0.25) is 0 Å². The summed E-state index contributed by atoms with van der Waals surface area (Å²) in [6.45, 7) is 8.41. The summed E-state index contributed by atoms with van der Waals surface area (Å²) in [5.74, 6) is 1.00. The molecular formula is C31H30N4O3. The van der Waals surface area contributed by atoms with Crippen LogP contribution in [0.2, 0.25) is 0 Å². The molecule has 0 fully saturated rings. The van der Waals surface area contributed by atoms with Gasteiger partial charge in [-0.3, -0.25) is 4.79 Å². The molecule has 38 heavy (non-hydrogen) atoms. The molecule has 0 atom stereocenters. The number of aromatic nitrogens is 2. The number of ether oxygens (including phenoxy) is 2. The Hall–Kier alpha value is -4.83. The molecule has 1 heterocycles. The monoisotopic (exact) mass is 506 g/mol. The van der Waals surface area contributed by atoms with Crippen molar-refractivity contribution >= 4 is 17.7 Å². The van der Waals surface area contributed by atoms with E-state index in [9.17, 15) is 10.1 Å². The van der Waals surface area contributed by atoms with Gasteiger partial charge in [0.15, 0.2) is 0 Å². The van der Waals surface area contributed by atoms with Gasteiger partial charge in [0.05, 0.1) is 18.4 Å². The summed E-state index contributed by atoms with van der Waals surface area (Å²) in [6, 6.07) is 24.6. The maximum Gasteiger partial charge on any atom is 0.266 e. The van der Waals surface area contributed by atoms with Crippen molar-refractivity contribution in [2.75, 3.05) is 11.9 Å². The fraction of sp³-hybridized carbons (Fsp3) is 0.194. The molecule has 7 nitrogen and oxygen atoms in total. The van der Waals surface area contributed by atoms with Crippen molar-refractivity contribution in [1.29, 1.82) is 5.26 Å². The van der Waals surface area contributed by atoms with Gasteiger partial charge in [0.25, 0.3) is 5.91 Å². The summed E-state index contributed by atoms with van der Waals surface area (Å²) in [6.07, 6.45) is 3.45. The average molecular weight is 507 g/mol. The number of amides is 1. The minimum Gasteiger partial charge on any atom is -0.494 e. The van der Waals surface area contributed by atoms with Crippen LogP contribution in [0.15, 0.2) is 84.6 Å². The quantitative estimate of drug-likeness (QED) is 0.205. The minimum absolute atomic E-state index is 0.0378. The molecule has 0 spiro atoms. The molecule has 3 aromatic carbocycles. The van der Waals surface area contributed by atoms with E-state index in [4.69, 9.17) is 14.6 Å². The van der Waals surface area contributed by atoms with Gasteiger partial charge in [-0.05, 0) is 93.9 Å². The van der Waals surface area contributed by atoms with E-state index in [1.807, 2.05) is 88.5 Å². The smallest absolute Gasteiger partial charge is 0.266 e. The maximum atomic E-state index is 13.0. The summed E-state index contributed by atoms with van der Waals surface area (Å²) >= 11 is 0. The van der Waals surface area contributed by atoms with Crippen LogP contribution in [0.25, 0.3) is 23.0 Å². The van der Waals surface area contributed by atoms with Crippen LogP contribution in [0.1, 0.15) is 31.9 Å². The minimum atomic E-state index is -0.507. The number of nitriles is 1. The summed E-state index contributed by atoms with van der Waals surface area (Å²) < 4.78 is 13.1. The maximum absolute atomic E-state index is 13.0. The van der Waals surface area contributed by atoms with Crippen molar-refractivity contribution in [3.63, 3.8) is 0 Å². The van der Waals surface area contributed by atoms with Gasteiger partial charge in [-0.25, -0.2) is 4.68 Å².